The number of aryl methyl sites for hydroxylation is 2. The van der Waals surface area contributed by atoms with E-state index in [1.807, 2.05) is 6.33 Å². The summed E-state index contributed by atoms with van der Waals surface area (Å²) >= 11 is 0. The van der Waals surface area contributed by atoms with Crippen LogP contribution in [0.5, 0.6) is 0 Å². The summed E-state index contributed by atoms with van der Waals surface area (Å²) in [6.45, 7) is 15.2. The third-order valence-electron chi connectivity index (χ3n) is 5.63. The number of hydrogen-bond donors (Lipinski definition) is 1. The fourth-order valence-corrected chi connectivity index (χ4v) is 3.75. The lowest BCUT2D eigenvalue weighted by Gasteiger charge is -2.38. The number of guanidine groups is 1. The fourth-order valence-electron chi connectivity index (χ4n) is 3.75. The van der Waals surface area contributed by atoms with Crippen LogP contribution in [0.2, 0.25) is 0 Å². The van der Waals surface area contributed by atoms with Gasteiger partial charge in [-0.05, 0) is 37.5 Å². The molecule has 1 N–H and O–H groups in total. The third kappa shape index (κ3) is 5.28. The molecule has 1 saturated heterocycles. The molecule has 3 rings (SSSR count). The van der Waals surface area contributed by atoms with E-state index in [-0.39, 0.29) is 0 Å². The van der Waals surface area contributed by atoms with E-state index < -0.39 is 0 Å². The Morgan fingerprint density at radius 1 is 1.14 bits per heavy atom. The molecule has 0 amide bonds. The van der Waals surface area contributed by atoms with Gasteiger partial charge in [-0.25, -0.2) is 0 Å². The second-order valence-corrected chi connectivity index (χ2v) is 7.62. The highest BCUT2D eigenvalue weighted by Crippen LogP contribution is 2.23. The summed E-state index contributed by atoms with van der Waals surface area (Å²) in [4.78, 5) is 9.72. The van der Waals surface area contributed by atoms with Crippen LogP contribution in [0.1, 0.15) is 37.2 Å². The standard InChI is InChI=1S/C22H35N7/c1-5-10-23-22(24-11-12-29-17-25-26-21(29)6-2)28-15-13-27(14-16-28)20-9-7-8-18(3)19(20)4/h7-9,17H,5-6,10-16H2,1-4H3,(H,23,24). The zero-order chi connectivity index (χ0) is 20.6. The SMILES string of the molecule is CCCN=C(NCCn1cnnc1CC)N1CCN(c2cccc(C)c2C)CC1. The zero-order valence-corrected chi connectivity index (χ0v) is 18.4. The van der Waals surface area contributed by atoms with Crippen LogP contribution in [0.3, 0.4) is 0 Å². The lowest BCUT2D eigenvalue weighted by molar-refractivity contribution is 0.370. The first-order valence-corrected chi connectivity index (χ1v) is 10.8. The molecule has 0 aliphatic carbocycles. The Labute approximate surface area is 174 Å². The van der Waals surface area contributed by atoms with Gasteiger partial charge in [-0.2, -0.15) is 0 Å². The second-order valence-electron chi connectivity index (χ2n) is 7.62. The van der Waals surface area contributed by atoms with Gasteiger partial charge >= 0.3 is 0 Å². The van der Waals surface area contributed by atoms with Crippen LogP contribution < -0.4 is 10.2 Å². The molecular weight excluding hydrogens is 362 g/mol. The van der Waals surface area contributed by atoms with Crippen LogP contribution in [0, 0.1) is 13.8 Å². The summed E-state index contributed by atoms with van der Waals surface area (Å²) in [5.74, 6) is 2.06. The second kappa shape index (κ2) is 10.3. The van der Waals surface area contributed by atoms with Gasteiger partial charge in [-0.3, -0.25) is 4.99 Å². The van der Waals surface area contributed by atoms with Crippen molar-refractivity contribution in [1.82, 2.24) is 25.0 Å². The van der Waals surface area contributed by atoms with E-state index in [9.17, 15) is 0 Å². The number of nitrogens with one attached hydrogen (secondary N) is 1. The van der Waals surface area contributed by atoms with E-state index in [0.717, 1.165) is 70.4 Å². The van der Waals surface area contributed by atoms with Gasteiger partial charge in [0, 0.05) is 57.9 Å². The molecule has 0 radical (unpaired) electrons. The number of piperazine rings is 1. The van der Waals surface area contributed by atoms with Gasteiger partial charge in [-0.1, -0.05) is 26.0 Å². The highest BCUT2D eigenvalue weighted by molar-refractivity contribution is 5.80. The molecule has 7 heteroatoms. The van der Waals surface area contributed by atoms with Crippen LogP contribution in [0.25, 0.3) is 0 Å². The van der Waals surface area contributed by atoms with Gasteiger partial charge < -0.3 is 19.7 Å². The summed E-state index contributed by atoms with van der Waals surface area (Å²) in [6, 6.07) is 6.59. The Balaban J connectivity index is 1.58. The Hall–Kier alpha value is -2.57. The minimum Gasteiger partial charge on any atom is -0.368 e. The molecule has 0 unspecified atom stereocenters. The monoisotopic (exact) mass is 397 g/mol. The van der Waals surface area contributed by atoms with E-state index in [1.54, 1.807) is 0 Å². The summed E-state index contributed by atoms with van der Waals surface area (Å²) in [7, 11) is 0. The number of aliphatic imine (C=N–C) groups is 1. The van der Waals surface area contributed by atoms with Gasteiger partial charge in [0.15, 0.2) is 5.96 Å². The van der Waals surface area contributed by atoms with Crippen LogP contribution in [-0.2, 0) is 13.0 Å². The molecule has 2 heterocycles. The maximum absolute atomic E-state index is 4.83. The number of benzene rings is 1. The van der Waals surface area contributed by atoms with Gasteiger partial charge in [0.25, 0.3) is 0 Å². The van der Waals surface area contributed by atoms with Gasteiger partial charge in [0.05, 0.1) is 0 Å². The number of hydrogen-bond acceptors (Lipinski definition) is 4. The quantitative estimate of drug-likeness (QED) is 0.575. The van der Waals surface area contributed by atoms with Gasteiger partial charge in [0.1, 0.15) is 12.2 Å². The van der Waals surface area contributed by atoms with Crippen molar-refractivity contribution in [2.45, 2.75) is 47.1 Å². The van der Waals surface area contributed by atoms with E-state index in [4.69, 9.17) is 4.99 Å². The predicted octanol–water partition coefficient (Wildman–Crippen LogP) is 2.64. The van der Waals surface area contributed by atoms with Crippen molar-refractivity contribution in [3.8, 4) is 0 Å². The summed E-state index contributed by atoms with van der Waals surface area (Å²) in [6.07, 6.45) is 3.77. The predicted molar refractivity (Wildman–Crippen MR) is 120 cm³/mol. The van der Waals surface area contributed by atoms with E-state index in [2.05, 4.69) is 75.8 Å². The van der Waals surface area contributed by atoms with Gasteiger partial charge in [0.2, 0.25) is 0 Å². The van der Waals surface area contributed by atoms with Crippen molar-refractivity contribution >= 4 is 11.6 Å². The van der Waals surface area contributed by atoms with Crippen LogP contribution in [-0.4, -0.2) is 64.9 Å². The van der Waals surface area contributed by atoms with Crippen molar-refractivity contribution < 1.29 is 0 Å². The molecular formula is C22H35N7. The van der Waals surface area contributed by atoms with Crippen molar-refractivity contribution in [1.29, 1.82) is 0 Å². The molecule has 0 spiro atoms. The topological polar surface area (TPSA) is 61.6 Å². The minimum atomic E-state index is 0.824. The van der Waals surface area contributed by atoms with E-state index in [1.165, 1.54) is 16.8 Å². The molecule has 1 aliphatic rings. The molecule has 0 saturated carbocycles. The number of rotatable bonds is 7. The minimum absolute atomic E-state index is 0.824. The van der Waals surface area contributed by atoms with Crippen molar-refractivity contribution in [3.05, 3.63) is 41.5 Å². The molecule has 1 fully saturated rings. The molecule has 158 valence electrons. The van der Waals surface area contributed by atoms with Crippen LogP contribution >= 0.6 is 0 Å². The van der Waals surface area contributed by atoms with Crippen molar-refractivity contribution in [2.75, 3.05) is 44.2 Å². The molecule has 2 aromatic rings. The molecule has 0 atom stereocenters. The average molecular weight is 398 g/mol. The third-order valence-corrected chi connectivity index (χ3v) is 5.63. The maximum Gasteiger partial charge on any atom is 0.194 e. The van der Waals surface area contributed by atoms with Crippen LogP contribution in [0.15, 0.2) is 29.5 Å². The highest BCUT2D eigenvalue weighted by atomic mass is 15.4. The van der Waals surface area contributed by atoms with Crippen molar-refractivity contribution in [2.24, 2.45) is 4.99 Å². The molecule has 1 aromatic carbocycles. The summed E-state index contributed by atoms with van der Waals surface area (Å²) < 4.78 is 2.11. The summed E-state index contributed by atoms with van der Waals surface area (Å²) in [5.41, 5.74) is 4.11. The normalized spacial score (nSPS) is 15.1. The maximum atomic E-state index is 4.83. The number of nitrogens with zero attached hydrogens (tertiary/aromatic N) is 6. The molecule has 29 heavy (non-hydrogen) atoms. The number of aromatic nitrogens is 3. The largest absolute Gasteiger partial charge is 0.368 e. The van der Waals surface area contributed by atoms with Gasteiger partial charge in [-0.15, -0.1) is 10.2 Å². The Kier molecular flexibility index (Phi) is 7.49. The first kappa shape index (κ1) is 21.1. The highest BCUT2D eigenvalue weighted by Gasteiger charge is 2.21. The first-order chi connectivity index (χ1) is 14.1. The summed E-state index contributed by atoms with van der Waals surface area (Å²) in [5, 5.41) is 11.8. The molecule has 0 bridgehead atoms. The Bertz CT molecular complexity index is 803. The Morgan fingerprint density at radius 2 is 1.93 bits per heavy atom. The Morgan fingerprint density at radius 3 is 2.66 bits per heavy atom. The number of anilines is 1. The first-order valence-electron chi connectivity index (χ1n) is 10.8. The lowest BCUT2D eigenvalue weighted by Crippen LogP contribution is -2.53. The molecule has 1 aromatic heterocycles. The van der Waals surface area contributed by atoms with Crippen LogP contribution in [0.4, 0.5) is 5.69 Å². The average Bonchev–Trinajstić information content (AvgIpc) is 3.20. The van der Waals surface area contributed by atoms with Crippen molar-refractivity contribution in [3.63, 3.8) is 0 Å². The molecule has 7 nitrogen and oxygen atoms in total. The lowest BCUT2D eigenvalue weighted by atomic mass is 10.1. The smallest absolute Gasteiger partial charge is 0.194 e. The molecule has 1 aliphatic heterocycles. The zero-order valence-electron chi connectivity index (χ0n) is 18.4. The fraction of sp³-hybridized carbons (Fsp3) is 0.591. The van der Waals surface area contributed by atoms with E-state index in [0.29, 0.717) is 0 Å². The van der Waals surface area contributed by atoms with E-state index >= 15 is 0 Å².